The highest BCUT2D eigenvalue weighted by atomic mass is 32.2. The van der Waals surface area contributed by atoms with Gasteiger partial charge in [0.1, 0.15) is 0 Å². The van der Waals surface area contributed by atoms with Gasteiger partial charge in [-0.1, -0.05) is 18.2 Å². The van der Waals surface area contributed by atoms with Gasteiger partial charge in [0, 0.05) is 16.9 Å². The van der Waals surface area contributed by atoms with Crippen molar-refractivity contribution in [3.63, 3.8) is 0 Å². The normalized spacial score (nSPS) is 10.9. The Labute approximate surface area is 181 Å². The molecule has 160 valence electrons. The van der Waals surface area contributed by atoms with Crippen molar-refractivity contribution in [3.8, 4) is 0 Å². The molecule has 0 radical (unpaired) electrons. The second-order valence-electron chi connectivity index (χ2n) is 6.98. The summed E-state index contributed by atoms with van der Waals surface area (Å²) in [7, 11) is -2.60. The van der Waals surface area contributed by atoms with Gasteiger partial charge < -0.3 is 10.1 Å². The Morgan fingerprint density at radius 2 is 1.52 bits per heavy atom. The molecule has 0 fully saturated rings. The molecule has 0 saturated heterocycles. The van der Waals surface area contributed by atoms with Gasteiger partial charge in [0.05, 0.1) is 17.6 Å². The van der Waals surface area contributed by atoms with E-state index in [1.54, 1.807) is 49.4 Å². The van der Waals surface area contributed by atoms with Crippen molar-refractivity contribution in [3.05, 3.63) is 89.0 Å². The number of methoxy groups -OCH3 is 1. The van der Waals surface area contributed by atoms with Gasteiger partial charge in [0.2, 0.25) is 0 Å². The number of esters is 1. The molecule has 31 heavy (non-hydrogen) atoms. The molecule has 0 aromatic heterocycles. The Bertz CT molecular complexity index is 1240. The van der Waals surface area contributed by atoms with E-state index < -0.39 is 21.9 Å². The fourth-order valence-corrected chi connectivity index (χ4v) is 4.28. The minimum Gasteiger partial charge on any atom is -0.465 e. The van der Waals surface area contributed by atoms with Crippen LogP contribution in [-0.2, 0) is 14.8 Å². The molecule has 8 heteroatoms. The molecule has 0 unspecified atom stereocenters. The van der Waals surface area contributed by atoms with E-state index >= 15 is 0 Å². The number of hydrogen-bond acceptors (Lipinski definition) is 5. The minimum absolute atomic E-state index is 0.0164. The molecule has 0 saturated carbocycles. The van der Waals surface area contributed by atoms with E-state index in [4.69, 9.17) is 0 Å². The molecule has 3 aromatic carbocycles. The van der Waals surface area contributed by atoms with Crippen LogP contribution in [0.25, 0.3) is 0 Å². The fourth-order valence-electron chi connectivity index (χ4n) is 2.96. The maximum atomic E-state index is 12.9. The van der Waals surface area contributed by atoms with E-state index in [0.717, 1.165) is 5.56 Å². The Balaban J connectivity index is 1.82. The summed E-state index contributed by atoms with van der Waals surface area (Å²) in [4.78, 5) is 24.2. The van der Waals surface area contributed by atoms with E-state index in [2.05, 4.69) is 14.8 Å². The molecule has 0 bridgehead atoms. The van der Waals surface area contributed by atoms with Crippen LogP contribution in [0.1, 0.15) is 31.8 Å². The average Bonchev–Trinajstić information content (AvgIpc) is 2.73. The van der Waals surface area contributed by atoms with Crippen LogP contribution < -0.4 is 10.0 Å². The van der Waals surface area contributed by atoms with Crippen LogP contribution in [0, 0.1) is 13.8 Å². The SMILES string of the molecule is COC(=O)c1ccc(NC(=O)c2ccc(C)c(S(=O)(=O)Nc3cccc(C)c3)c2)cc1. The van der Waals surface area contributed by atoms with Crippen LogP contribution in [0.5, 0.6) is 0 Å². The number of carbonyl (C=O) groups excluding carboxylic acids is 2. The van der Waals surface area contributed by atoms with Gasteiger partial charge in [-0.3, -0.25) is 9.52 Å². The number of nitrogens with one attached hydrogen (secondary N) is 2. The van der Waals surface area contributed by atoms with Gasteiger partial charge in [0.25, 0.3) is 15.9 Å². The third kappa shape index (κ3) is 5.29. The highest BCUT2D eigenvalue weighted by Crippen LogP contribution is 2.22. The molecule has 2 N–H and O–H groups in total. The first-order valence-electron chi connectivity index (χ1n) is 9.39. The summed E-state index contributed by atoms with van der Waals surface area (Å²) in [6.45, 7) is 3.53. The number of aryl methyl sites for hydroxylation is 2. The number of anilines is 2. The van der Waals surface area contributed by atoms with Gasteiger partial charge >= 0.3 is 5.97 Å². The van der Waals surface area contributed by atoms with E-state index in [1.165, 1.54) is 25.3 Å². The van der Waals surface area contributed by atoms with Crippen molar-refractivity contribution in [2.75, 3.05) is 17.1 Å². The maximum absolute atomic E-state index is 12.9. The number of carbonyl (C=O) groups is 2. The molecule has 1 amide bonds. The molecule has 0 spiro atoms. The molecule has 0 aliphatic rings. The second-order valence-corrected chi connectivity index (χ2v) is 8.63. The summed E-state index contributed by atoms with van der Waals surface area (Å²) >= 11 is 0. The monoisotopic (exact) mass is 438 g/mol. The molecule has 0 atom stereocenters. The molecule has 0 aliphatic carbocycles. The van der Waals surface area contributed by atoms with Crippen molar-refractivity contribution in [1.82, 2.24) is 0 Å². The van der Waals surface area contributed by atoms with E-state index in [0.29, 0.717) is 22.5 Å². The molecular formula is C23H22N2O5S. The molecule has 3 aromatic rings. The molecule has 0 heterocycles. The number of rotatable bonds is 6. The molecule has 3 rings (SSSR count). The average molecular weight is 439 g/mol. The Hall–Kier alpha value is -3.65. The topological polar surface area (TPSA) is 102 Å². The van der Waals surface area contributed by atoms with Gasteiger partial charge in [-0.2, -0.15) is 0 Å². The highest BCUT2D eigenvalue weighted by molar-refractivity contribution is 7.92. The lowest BCUT2D eigenvalue weighted by Crippen LogP contribution is -2.17. The van der Waals surface area contributed by atoms with Crippen LogP contribution in [0.2, 0.25) is 0 Å². The van der Waals surface area contributed by atoms with Crippen LogP contribution in [0.4, 0.5) is 11.4 Å². The number of hydrogen-bond donors (Lipinski definition) is 2. The third-order valence-electron chi connectivity index (χ3n) is 4.57. The zero-order valence-electron chi connectivity index (χ0n) is 17.3. The quantitative estimate of drug-likeness (QED) is 0.563. The fraction of sp³-hybridized carbons (Fsp3) is 0.130. The Morgan fingerprint density at radius 3 is 2.16 bits per heavy atom. The second kappa shape index (κ2) is 9.01. The summed E-state index contributed by atoms with van der Waals surface area (Å²) in [6.07, 6.45) is 0. The lowest BCUT2D eigenvalue weighted by molar-refractivity contribution is 0.0600. The largest absolute Gasteiger partial charge is 0.465 e. The van der Waals surface area contributed by atoms with E-state index in [9.17, 15) is 18.0 Å². The first-order chi connectivity index (χ1) is 14.7. The van der Waals surface area contributed by atoms with Crippen molar-refractivity contribution in [1.29, 1.82) is 0 Å². The number of amides is 1. The van der Waals surface area contributed by atoms with E-state index in [1.807, 2.05) is 13.0 Å². The summed E-state index contributed by atoms with van der Waals surface area (Å²) in [5.41, 5.74) is 2.88. The predicted octanol–water partition coefficient (Wildman–Crippen LogP) is 4.14. The van der Waals surface area contributed by atoms with Crippen molar-refractivity contribution in [2.45, 2.75) is 18.7 Å². The van der Waals surface area contributed by atoms with Crippen molar-refractivity contribution < 1.29 is 22.7 Å². The van der Waals surface area contributed by atoms with Gasteiger partial charge in [-0.15, -0.1) is 0 Å². The Kier molecular flexibility index (Phi) is 6.41. The minimum atomic E-state index is -3.89. The van der Waals surface area contributed by atoms with Crippen LogP contribution in [-0.4, -0.2) is 27.4 Å². The Morgan fingerprint density at radius 1 is 0.839 bits per heavy atom. The predicted molar refractivity (Wildman–Crippen MR) is 119 cm³/mol. The van der Waals surface area contributed by atoms with E-state index in [-0.39, 0.29) is 10.5 Å². The van der Waals surface area contributed by atoms with Crippen molar-refractivity contribution in [2.24, 2.45) is 0 Å². The molecule has 0 aliphatic heterocycles. The molecule has 7 nitrogen and oxygen atoms in total. The zero-order chi connectivity index (χ0) is 22.6. The maximum Gasteiger partial charge on any atom is 0.337 e. The smallest absolute Gasteiger partial charge is 0.337 e. The number of sulfonamides is 1. The van der Waals surface area contributed by atoms with Gasteiger partial charge in [0.15, 0.2) is 0 Å². The van der Waals surface area contributed by atoms with Crippen LogP contribution in [0.3, 0.4) is 0 Å². The van der Waals surface area contributed by atoms with Crippen LogP contribution >= 0.6 is 0 Å². The summed E-state index contributed by atoms with van der Waals surface area (Å²) < 4.78 is 33.0. The number of ether oxygens (including phenoxy) is 1. The number of benzene rings is 3. The lowest BCUT2D eigenvalue weighted by Gasteiger charge is -2.13. The first-order valence-corrected chi connectivity index (χ1v) is 10.9. The van der Waals surface area contributed by atoms with Gasteiger partial charge in [-0.05, 0) is 73.5 Å². The first kappa shape index (κ1) is 22.0. The lowest BCUT2D eigenvalue weighted by atomic mass is 10.1. The standard InChI is InChI=1S/C23H22N2O5S/c1-15-5-4-6-20(13-15)25-31(28,29)21-14-18(8-7-16(21)2)22(26)24-19-11-9-17(10-12-19)23(27)30-3/h4-14,25H,1-3H3,(H,24,26). The van der Waals surface area contributed by atoms with Crippen molar-refractivity contribution >= 4 is 33.3 Å². The van der Waals surface area contributed by atoms with Crippen LogP contribution in [0.15, 0.2) is 71.6 Å². The zero-order valence-corrected chi connectivity index (χ0v) is 18.1. The molecular weight excluding hydrogens is 416 g/mol. The highest BCUT2D eigenvalue weighted by Gasteiger charge is 2.19. The third-order valence-corrected chi connectivity index (χ3v) is 6.10. The van der Waals surface area contributed by atoms with Gasteiger partial charge in [-0.25, -0.2) is 13.2 Å². The summed E-state index contributed by atoms with van der Waals surface area (Å²) in [5.74, 6) is -0.954. The summed E-state index contributed by atoms with van der Waals surface area (Å²) in [5, 5.41) is 2.69. The summed E-state index contributed by atoms with van der Waals surface area (Å²) in [6, 6.07) is 17.7.